The minimum Gasteiger partial charge on any atom is -0.497 e. The molecule has 3 N–H and O–H groups in total. The van der Waals surface area contributed by atoms with E-state index in [1.165, 1.54) is 4.90 Å². The summed E-state index contributed by atoms with van der Waals surface area (Å²) >= 11 is 5.77. The fraction of sp³-hybridized carbons (Fsp3) is 0.400. The number of nitrogens with zero attached hydrogens (tertiary/aromatic N) is 3. The maximum Gasteiger partial charge on any atom is 0.353 e. The molecule has 1 aliphatic carbocycles. The standard InChI is InChI=1S/C35H41ClN6O8S/c1-6-42(34(46)40-51(47,48)24-13-14-24)39-32(44)28-17-23(20-41(28)33(45)31(35(2,3)4)38-30(43)19-36)50-29-18-26(21-10-8-7-9-11-21)37-27-16-22(49-5)12-15-25(27)29/h6-12,15-16,18,23-24,28,31H,1,13-14,17,19-20H2,2-5H3,(H,38,43)(H,39,44)(H,40,46)/t23-,28+,31?/m1/s1. The highest BCUT2D eigenvalue weighted by Gasteiger charge is 2.46. The molecule has 272 valence electrons. The van der Waals surface area contributed by atoms with Gasteiger partial charge in [0.25, 0.3) is 5.91 Å². The van der Waals surface area contributed by atoms with Crippen LogP contribution in [0.15, 0.2) is 67.4 Å². The zero-order valence-corrected chi connectivity index (χ0v) is 30.3. The fourth-order valence-electron chi connectivity index (χ4n) is 5.73. The predicted molar refractivity (Wildman–Crippen MR) is 191 cm³/mol. The molecule has 0 bridgehead atoms. The van der Waals surface area contributed by atoms with Crippen LogP contribution in [0.3, 0.4) is 0 Å². The van der Waals surface area contributed by atoms with Gasteiger partial charge in [-0.3, -0.25) is 19.8 Å². The second-order valence-electron chi connectivity index (χ2n) is 13.4. The number of nitrogens with one attached hydrogen (secondary N) is 3. The highest BCUT2D eigenvalue weighted by molar-refractivity contribution is 7.90. The molecule has 3 atom stereocenters. The van der Waals surface area contributed by atoms with Crippen molar-refractivity contribution in [3.05, 3.63) is 67.4 Å². The average molecular weight is 741 g/mol. The van der Waals surface area contributed by atoms with Gasteiger partial charge in [-0.25, -0.2) is 27.9 Å². The summed E-state index contributed by atoms with van der Waals surface area (Å²) in [5.74, 6) is -1.30. The number of amides is 5. The van der Waals surface area contributed by atoms with Crippen molar-refractivity contribution in [2.75, 3.05) is 19.5 Å². The Morgan fingerprint density at radius 3 is 2.43 bits per heavy atom. The van der Waals surface area contributed by atoms with Gasteiger partial charge in [0.15, 0.2) is 0 Å². The van der Waals surface area contributed by atoms with E-state index in [1.54, 1.807) is 52.1 Å². The Balaban J connectivity index is 1.48. The van der Waals surface area contributed by atoms with Crippen LogP contribution in [-0.4, -0.2) is 90.0 Å². The third kappa shape index (κ3) is 8.71. The maximum atomic E-state index is 14.3. The average Bonchev–Trinajstić information content (AvgIpc) is 3.89. The molecule has 0 radical (unpaired) electrons. The molecule has 2 fully saturated rings. The number of benzene rings is 2. The topological polar surface area (TPSA) is 176 Å². The van der Waals surface area contributed by atoms with Crippen molar-refractivity contribution >= 4 is 56.3 Å². The smallest absolute Gasteiger partial charge is 0.353 e. The van der Waals surface area contributed by atoms with E-state index in [0.717, 1.165) is 11.8 Å². The Labute approximate surface area is 301 Å². The first-order valence-electron chi connectivity index (χ1n) is 16.3. The first-order valence-corrected chi connectivity index (χ1v) is 18.4. The first kappa shape index (κ1) is 37.4. The largest absolute Gasteiger partial charge is 0.497 e. The number of aromatic nitrogens is 1. The molecule has 5 rings (SSSR count). The molecule has 1 saturated heterocycles. The number of likely N-dealkylation sites (tertiary alicyclic amines) is 1. The lowest BCUT2D eigenvalue weighted by Gasteiger charge is -2.35. The molecule has 1 aliphatic heterocycles. The minimum atomic E-state index is -3.94. The van der Waals surface area contributed by atoms with Gasteiger partial charge in [-0.05, 0) is 30.4 Å². The molecule has 1 unspecified atom stereocenters. The zero-order valence-electron chi connectivity index (χ0n) is 28.7. The molecule has 0 spiro atoms. The van der Waals surface area contributed by atoms with E-state index >= 15 is 0 Å². The Morgan fingerprint density at radius 1 is 1.12 bits per heavy atom. The number of fused-ring (bicyclic) bond motifs is 1. The van der Waals surface area contributed by atoms with Gasteiger partial charge in [0.05, 0.1) is 30.1 Å². The van der Waals surface area contributed by atoms with Crippen molar-refractivity contribution in [2.45, 2.75) is 63.5 Å². The number of ether oxygens (including phenoxy) is 2. The molecule has 5 amide bonds. The summed E-state index contributed by atoms with van der Waals surface area (Å²) in [6.07, 6.45) is 1.03. The summed E-state index contributed by atoms with van der Waals surface area (Å²) in [5, 5.41) is 3.26. The van der Waals surface area contributed by atoms with E-state index in [2.05, 4.69) is 17.3 Å². The van der Waals surface area contributed by atoms with Crippen LogP contribution >= 0.6 is 11.6 Å². The molecule has 1 aromatic heterocycles. The van der Waals surface area contributed by atoms with Gasteiger partial charge in [-0.1, -0.05) is 57.7 Å². The predicted octanol–water partition coefficient (Wildman–Crippen LogP) is 3.71. The Bertz CT molecular complexity index is 1930. The number of pyridine rings is 1. The lowest BCUT2D eigenvalue weighted by Crippen LogP contribution is -2.59. The first-order chi connectivity index (χ1) is 24.1. The van der Waals surface area contributed by atoms with Crippen molar-refractivity contribution < 1.29 is 37.1 Å². The van der Waals surface area contributed by atoms with E-state index < -0.39 is 62.6 Å². The number of sulfonamides is 1. The highest BCUT2D eigenvalue weighted by atomic mass is 35.5. The van der Waals surface area contributed by atoms with Gasteiger partial charge in [-0.2, -0.15) is 0 Å². The van der Waals surface area contributed by atoms with Gasteiger partial charge >= 0.3 is 6.03 Å². The quantitative estimate of drug-likeness (QED) is 0.196. The molecule has 1 saturated carbocycles. The van der Waals surface area contributed by atoms with Gasteiger partial charge in [0.1, 0.15) is 35.6 Å². The van der Waals surface area contributed by atoms with Crippen molar-refractivity contribution in [1.82, 2.24) is 30.4 Å². The number of carbonyl (C=O) groups is 4. The summed E-state index contributed by atoms with van der Waals surface area (Å²) in [6, 6.07) is 13.2. The summed E-state index contributed by atoms with van der Waals surface area (Å²) in [7, 11) is -2.39. The molecule has 2 aromatic carbocycles. The third-order valence-electron chi connectivity index (χ3n) is 8.56. The zero-order chi connectivity index (χ0) is 37.1. The Morgan fingerprint density at radius 2 is 1.82 bits per heavy atom. The second-order valence-corrected chi connectivity index (χ2v) is 15.6. The number of hydrogen-bond donors (Lipinski definition) is 3. The van der Waals surface area contributed by atoms with Crippen molar-refractivity contribution in [2.24, 2.45) is 5.41 Å². The molecule has 3 aromatic rings. The summed E-state index contributed by atoms with van der Waals surface area (Å²) < 4.78 is 38.8. The van der Waals surface area contributed by atoms with Crippen LogP contribution < -0.4 is 24.9 Å². The number of carbonyl (C=O) groups excluding carboxylic acids is 4. The summed E-state index contributed by atoms with van der Waals surface area (Å²) in [6.45, 7) is 8.74. The van der Waals surface area contributed by atoms with E-state index in [9.17, 15) is 27.6 Å². The number of alkyl halides is 1. The highest BCUT2D eigenvalue weighted by Crippen LogP contribution is 2.35. The van der Waals surface area contributed by atoms with Gasteiger partial charge < -0.3 is 19.7 Å². The van der Waals surface area contributed by atoms with E-state index in [0.29, 0.717) is 45.9 Å². The molecule has 2 heterocycles. The lowest BCUT2D eigenvalue weighted by molar-refractivity contribution is -0.144. The van der Waals surface area contributed by atoms with Gasteiger partial charge in [0, 0.05) is 35.7 Å². The fourth-order valence-corrected chi connectivity index (χ4v) is 7.07. The third-order valence-corrected chi connectivity index (χ3v) is 10.6. The Hall–Kier alpha value is -4.89. The van der Waals surface area contributed by atoms with E-state index in [1.807, 2.05) is 35.1 Å². The van der Waals surface area contributed by atoms with E-state index in [4.69, 9.17) is 26.1 Å². The normalized spacial score (nSPS) is 18.0. The number of hydrazine groups is 1. The van der Waals surface area contributed by atoms with Crippen LogP contribution in [0.4, 0.5) is 4.79 Å². The second kappa shape index (κ2) is 15.2. The van der Waals surface area contributed by atoms with Crippen LogP contribution in [0.5, 0.6) is 11.5 Å². The number of halogens is 1. The molecular formula is C35H41ClN6O8S. The lowest BCUT2D eigenvalue weighted by atomic mass is 9.85. The molecular weight excluding hydrogens is 700 g/mol. The number of rotatable bonds is 11. The molecule has 2 aliphatic rings. The van der Waals surface area contributed by atoms with Crippen LogP contribution in [0.25, 0.3) is 22.2 Å². The van der Waals surface area contributed by atoms with Gasteiger partial charge in [-0.15, -0.1) is 11.6 Å². The van der Waals surface area contributed by atoms with Crippen LogP contribution in [0.2, 0.25) is 0 Å². The summed E-state index contributed by atoms with van der Waals surface area (Å²) in [5.41, 5.74) is 3.63. The van der Waals surface area contributed by atoms with Crippen molar-refractivity contribution in [3.8, 4) is 22.8 Å². The Kier molecular flexibility index (Phi) is 11.1. The molecule has 16 heteroatoms. The SMILES string of the molecule is C=CN(NC(=O)[C@@H]1C[C@@H](Oc2cc(-c3ccccc3)nc3cc(OC)ccc23)CN1C(=O)C(NC(=O)CCl)C(C)(C)C)C(=O)NS(=O)(=O)C1CC1. The monoisotopic (exact) mass is 740 g/mol. The number of hydrogen-bond acceptors (Lipinski definition) is 9. The van der Waals surface area contributed by atoms with Crippen molar-refractivity contribution in [3.63, 3.8) is 0 Å². The van der Waals surface area contributed by atoms with Crippen LogP contribution in [-0.2, 0) is 24.4 Å². The van der Waals surface area contributed by atoms with Gasteiger partial charge in [0.2, 0.25) is 21.8 Å². The maximum absolute atomic E-state index is 14.3. The number of urea groups is 1. The number of methoxy groups -OCH3 is 1. The van der Waals surface area contributed by atoms with E-state index in [-0.39, 0.29) is 18.8 Å². The van der Waals surface area contributed by atoms with Crippen LogP contribution in [0, 0.1) is 5.41 Å². The summed E-state index contributed by atoms with van der Waals surface area (Å²) in [4.78, 5) is 59.6. The van der Waals surface area contributed by atoms with Crippen molar-refractivity contribution in [1.29, 1.82) is 0 Å². The minimum absolute atomic E-state index is 0.0223. The molecule has 14 nitrogen and oxygen atoms in total. The van der Waals surface area contributed by atoms with Crippen LogP contribution in [0.1, 0.15) is 40.0 Å². The molecule has 51 heavy (non-hydrogen) atoms.